The zero-order valence-electron chi connectivity index (χ0n) is 13.2. The Morgan fingerprint density at radius 3 is 2.33 bits per heavy atom. The Kier molecular flexibility index (Phi) is 13.8. The first kappa shape index (κ1) is 25.1. The lowest BCUT2D eigenvalue weighted by Crippen LogP contribution is -2.51. The predicted molar refractivity (Wildman–Crippen MR) is 99.9 cm³/mol. The minimum absolute atomic E-state index is 0. The first-order valence-corrected chi connectivity index (χ1v) is 7.06. The topological polar surface area (TPSA) is 91.6 Å². The van der Waals surface area contributed by atoms with Crippen molar-refractivity contribution in [3.8, 4) is 0 Å². The maximum atomic E-state index is 11.9. The van der Waals surface area contributed by atoms with E-state index in [4.69, 9.17) is 5.73 Å². The summed E-state index contributed by atoms with van der Waals surface area (Å²) in [4.78, 5) is 31.3. The standard InChI is InChI=1S/C14H21N5O2.3ClH/c15-9-13(20)17-10-14(21)19-7-5-18(6-8-19)11-12-3-1-2-4-16-12;;;/h1-4H,5-11,15H2,(H,17,20);3*1H. The molecule has 2 heterocycles. The number of nitrogens with zero attached hydrogens (tertiary/aromatic N) is 3. The second-order valence-electron chi connectivity index (χ2n) is 4.96. The third kappa shape index (κ3) is 8.12. The van der Waals surface area contributed by atoms with Gasteiger partial charge in [0, 0.05) is 38.9 Å². The molecule has 1 aromatic rings. The van der Waals surface area contributed by atoms with Crippen LogP contribution in [0.15, 0.2) is 24.4 Å². The van der Waals surface area contributed by atoms with E-state index in [1.54, 1.807) is 11.1 Å². The van der Waals surface area contributed by atoms with Gasteiger partial charge in [-0.05, 0) is 12.1 Å². The quantitative estimate of drug-likeness (QED) is 0.729. The summed E-state index contributed by atoms with van der Waals surface area (Å²) in [6.45, 7) is 3.70. The summed E-state index contributed by atoms with van der Waals surface area (Å²) >= 11 is 0. The summed E-state index contributed by atoms with van der Waals surface area (Å²) in [7, 11) is 0. The number of hydrogen-bond donors (Lipinski definition) is 2. The molecule has 1 aliphatic rings. The highest BCUT2D eigenvalue weighted by Crippen LogP contribution is 2.06. The number of amides is 2. The van der Waals surface area contributed by atoms with Crippen LogP contribution < -0.4 is 11.1 Å². The number of nitrogens with two attached hydrogens (primary N) is 1. The third-order valence-electron chi connectivity index (χ3n) is 3.46. The van der Waals surface area contributed by atoms with Crippen LogP contribution in [0, 0.1) is 0 Å². The van der Waals surface area contributed by atoms with Crippen molar-refractivity contribution in [2.24, 2.45) is 5.73 Å². The maximum absolute atomic E-state index is 11.9. The Bertz CT molecular complexity index is 485. The highest BCUT2D eigenvalue weighted by Gasteiger charge is 2.21. The molecule has 10 heteroatoms. The number of aromatic nitrogens is 1. The van der Waals surface area contributed by atoms with Crippen molar-refractivity contribution in [1.82, 2.24) is 20.1 Å². The number of rotatable bonds is 5. The first-order valence-electron chi connectivity index (χ1n) is 7.06. The number of carbonyl (C=O) groups is 2. The molecule has 0 unspecified atom stereocenters. The van der Waals surface area contributed by atoms with E-state index in [0.29, 0.717) is 13.1 Å². The summed E-state index contributed by atoms with van der Waals surface area (Å²) in [5, 5.41) is 2.50. The molecular formula is C14H24Cl3N5O2. The van der Waals surface area contributed by atoms with E-state index in [-0.39, 0.29) is 62.1 Å². The Morgan fingerprint density at radius 1 is 1.12 bits per heavy atom. The van der Waals surface area contributed by atoms with Crippen molar-refractivity contribution in [1.29, 1.82) is 0 Å². The van der Waals surface area contributed by atoms with E-state index in [0.717, 1.165) is 25.3 Å². The van der Waals surface area contributed by atoms with E-state index >= 15 is 0 Å². The SMILES string of the molecule is Cl.Cl.Cl.NCC(=O)NCC(=O)N1CCN(Cc2ccccn2)CC1. The van der Waals surface area contributed by atoms with Crippen LogP contribution in [0.4, 0.5) is 0 Å². The van der Waals surface area contributed by atoms with Gasteiger partial charge in [-0.25, -0.2) is 0 Å². The second-order valence-corrected chi connectivity index (χ2v) is 4.96. The number of halogens is 3. The van der Waals surface area contributed by atoms with Crippen LogP contribution >= 0.6 is 37.2 Å². The van der Waals surface area contributed by atoms with Gasteiger partial charge in [-0.1, -0.05) is 6.07 Å². The van der Waals surface area contributed by atoms with Gasteiger partial charge in [0.05, 0.1) is 18.8 Å². The molecule has 0 spiro atoms. The molecule has 1 aromatic heterocycles. The molecule has 0 bridgehead atoms. The molecule has 1 fully saturated rings. The minimum atomic E-state index is -0.308. The minimum Gasteiger partial charge on any atom is -0.346 e. The first-order chi connectivity index (χ1) is 10.2. The van der Waals surface area contributed by atoms with Crippen molar-refractivity contribution in [2.75, 3.05) is 39.3 Å². The molecule has 0 aliphatic carbocycles. The Hall–Kier alpha value is -1.12. The van der Waals surface area contributed by atoms with Gasteiger partial charge in [0.15, 0.2) is 0 Å². The number of hydrogen-bond acceptors (Lipinski definition) is 5. The van der Waals surface area contributed by atoms with Crippen LogP contribution in [-0.2, 0) is 16.1 Å². The van der Waals surface area contributed by atoms with Gasteiger partial charge in [0.25, 0.3) is 0 Å². The van der Waals surface area contributed by atoms with Gasteiger partial charge in [-0.3, -0.25) is 19.5 Å². The highest BCUT2D eigenvalue weighted by atomic mass is 35.5. The lowest BCUT2D eigenvalue weighted by Gasteiger charge is -2.34. The molecule has 0 atom stereocenters. The molecule has 0 radical (unpaired) electrons. The fourth-order valence-electron chi connectivity index (χ4n) is 2.23. The third-order valence-corrected chi connectivity index (χ3v) is 3.46. The Morgan fingerprint density at radius 2 is 1.79 bits per heavy atom. The maximum Gasteiger partial charge on any atom is 0.242 e. The van der Waals surface area contributed by atoms with Crippen LogP contribution in [-0.4, -0.2) is 65.9 Å². The van der Waals surface area contributed by atoms with Gasteiger partial charge >= 0.3 is 0 Å². The molecule has 7 nitrogen and oxygen atoms in total. The van der Waals surface area contributed by atoms with Gasteiger partial charge in [0.1, 0.15) is 0 Å². The molecule has 2 amide bonds. The van der Waals surface area contributed by atoms with Gasteiger partial charge in [0.2, 0.25) is 11.8 Å². The van der Waals surface area contributed by atoms with Crippen LogP contribution in [0.1, 0.15) is 5.69 Å². The van der Waals surface area contributed by atoms with Gasteiger partial charge < -0.3 is 16.0 Å². The predicted octanol–water partition coefficient (Wildman–Crippen LogP) is 0.0661. The van der Waals surface area contributed by atoms with Crippen LogP contribution in [0.3, 0.4) is 0 Å². The van der Waals surface area contributed by atoms with E-state index in [9.17, 15) is 9.59 Å². The molecule has 1 aliphatic heterocycles. The molecule has 138 valence electrons. The van der Waals surface area contributed by atoms with Crippen LogP contribution in [0.5, 0.6) is 0 Å². The normalized spacial score (nSPS) is 13.8. The Balaban J connectivity index is 0. The molecule has 3 N–H and O–H groups in total. The fraction of sp³-hybridized carbons (Fsp3) is 0.500. The van der Waals surface area contributed by atoms with Crippen molar-refractivity contribution in [2.45, 2.75) is 6.54 Å². The molecule has 0 aromatic carbocycles. The summed E-state index contributed by atoms with van der Waals surface area (Å²) < 4.78 is 0. The Labute approximate surface area is 160 Å². The van der Waals surface area contributed by atoms with Crippen molar-refractivity contribution < 1.29 is 9.59 Å². The number of nitrogens with one attached hydrogen (secondary N) is 1. The average molecular weight is 401 g/mol. The molecule has 1 saturated heterocycles. The lowest BCUT2D eigenvalue weighted by atomic mass is 10.2. The fourth-order valence-corrected chi connectivity index (χ4v) is 2.23. The monoisotopic (exact) mass is 399 g/mol. The van der Waals surface area contributed by atoms with E-state index < -0.39 is 0 Å². The summed E-state index contributed by atoms with van der Waals surface area (Å²) in [5.74, 6) is -0.369. The van der Waals surface area contributed by atoms with Crippen molar-refractivity contribution >= 4 is 49.0 Å². The highest BCUT2D eigenvalue weighted by molar-refractivity contribution is 5.86. The largest absolute Gasteiger partial charge is 0.346 e. The average Bonchev–Trinajstić information content (AvgIpc) is 2.54. The number of carbonyl (C=O) groups excluding carboxylic acids is 2. The van der Waals surface area contributed by atoms with E-state index in [1.165, 1.54) is 0 Å². The van der Waals surface area contributed by atoms with Crippen molar-refractivity contribution in [3.05, 3.63) is 30.1 Å². The van der Waals surface area contributed by atoms with Crippen LogP contribution in [0.25, 0.3) is 0 Å². The smallest absolute Gasteiger partial charge is 0.242 e. The van der Waals surface area contributed by atoms with Gasteiger partial charge in [-0.2, -0.15) is 0 Å². The molecule has 0 saturated carbocycles. The second kappa shape index (κ2) is 13.2. The zero-order valence-corrected chi connectivity index (χ0v) is 15.7. The molecular weight excluding hydrogens is 377 g/mol. The number of pyridine rings is 1. The van der Waals surface area contributed by atoms with Crippen LogP contribution in [0.2, 0.25) is 0 Å². The zero-order chi connectivity index (χ0) is 15.1. The van der Waals surface area contributed by atoms with E-state index in [1.807, 2.05) is 18.2 Å². The summed E-state index contributed by atoms with van der Waals surface area (Å²) in [6, 6.07) is 5.87. The summed E-state index contributed by atoms with van der Waals surface area (Å²) in [6.07, 6.45) is 1.79. The van der Waals surface area contributed by atoms with Gasteiger partial charge in [-0.15, -0.1) is 37.2 Å². The van der Waals surface area contributed by atoms with E-state index in [2.05, 4.69) is 15.2 Å². The number of piperazine rings is 1. The summed E-state index contributed by atoms with van der Waals surface area (Å²) in [5.41, 5.74) is 6.21. The molecule has 24 heavy (non-hydrogen) atoms. The molecule has 2 rings (SSSR count). The van der Waals surface area contributed by atoms with Crippen molar-refractivity contribution in [3.63, 3.8) is 0 Å². The lowest BCUT2D eigenvalue weighted by molar-refractivity contribution is -0.134.